The standard InChI is InChI=1S/C11H20N4S/c1-2-8-5-3-4-6-9(8)11(13-12)10-7-16-15-14-10/h7-9,11,13H,2-6,12H2,1H3. The van der Waals surface area contributed by atoms with Gasteiger partial charge in [0, 0.05) is 5.38 Å². The Kier molecular flexibility index (Phi) is 4.26. The highest BCUT2D eigenvalue weighted by molar-refractivity contribution is 7.03. The van der Waals surface area contributed by atoms with Crippen molar-refractivity contribution in [3.05, 3.63) is 11.1 Å². The van der Waals surface area contributed by atoms with Crippen molar-refractivity contribution >= 4 is 11.5 Å². The second-order valence-electron chi connectivity index (χ2n) is 4.59. The second kappa shape index (κ2) is 5.70. The Morgan fingerprint density at radius 2 is 2.38 bits per heavy atom. The molecule has 4 nitrogen and oxygen atoms in total. The Bertz CT molecular complexity index is 301. The topological polar surface area (TPSA) is 63.8 Å². The van der Waals surface area contributed by atoms with Gasteiger partial charge in [0.1, 0.15) is 0 Å². The van der Waals surface area contributed by atoms with Crippen molar-refractivity contribution in [1.29, 1.82) is 0 Å². The van der Waals surface area contributed by atoms with Crippen LogP contribution in [0.1, 0.15) is 50.8 Å². The average Bonchev–Trinajstić information content (AvgIpc) is 2.84. The number of nitrogens with two attached hydrogens (primary N) is 1. The molecule has 1 aliphatic carbocycles. The molecule has 1 heterocycles. The summed E-state index contributed by atoms with van der Waals surface area (Å²) in [6.45, 7) is 2.27. The minimum absolute atomic E-state index is 0.184. The van der Waals surface area contributed by atoms with Crippen LogP contribution in [0.3, 0.4) is 0 Å². The smallest absolute Gasteiger partial charge is 0.0941 e. The number of nitrogens with zero attached hydrogens (tertiary/aromatic N) is 2. The lowest BCUT2D eigenvalue weighted by molar-refractivity contribution is 0.173. The molecule has 2 rings (SSSR count). The van der Waals surface area contributed by atoms with Crippen LogP contribution in [0.15, 0.2) is 5.38 Å². The molecule has 1 aliphatic rings. The molecule has 0 aromatic carbocycles. The van der Waals surface area contributed by atoms with Crippen LogP contribution in [-0.4, -0.2) is 9.59 Å². The predicted molar refractivity (Wildman–Crippen MR) is 65.7 cm³/mol. The molecule has 0 spiro atoms. The molecular weight excluding hydrogens is 220 g/mol. The van der Waals surface area contributed by atoms with E-state index in [9.17, 15) is 0 Å². The van der Waals surface area contributed by atoms with Crippen LogP contribution in [0.5, 0.6) is 0 Å². The zero-order chi connectivity index (χ0) is 11.4. The van der Waals surface area contributed by atoms with Gasteiger partial charge in [-0.05, 0) is 29.8 Å². The lowest BCUT2D eigenvalue weighted by Crippen LogP contribution is -2.38. The van der Waals surface area contributed by atoms with E-state index in [1.54, 1.807) is 0 Å². The van der Waals surface area contributed by atoms with Gasteiger partial charge in [-0.15, -0.1) is 5.10 Å². The number of hydrogen-bond donors (Lipinski definition) is 2. The molecule has 0 saturated heterocycles. The highest BCUT2D eigenvalue weighted by atomic mass is 32.1. The van der Waals surface area contributed by atoms with Crippen LogP contribution in [0, 0.1) is 11.8 Å². The molecule has 0 bridgehead atoms. The Morgan fingerprint density at radius 1 is 1.56 bits per heavy atom. The van der Waals surface area contributed by atoms with E-state index in [1.165, 1.54) is 43.6 Å². The van der Waals surface area contributed by atoms with E-state index in [0.29, 0.717) is 5.92 Å². The van der Waals surface area contributed by atoms with Crippen LogP contribution >= 0.6 is 11.5 Å². The number of rotatable bonds is 4. The Hall–Kier alpha value is -0.520. The third-order valence-corrected chi connectivity index (χ3v) is 4.32. The lowest BCUT2D eigenvalue weighted by atomic mass is 9.73. The summed E-state index contributed by atoms with van der Waals surface area (Å²) in [5, 5.41) is 6.16. The van der Waals surface area contributed by atoms with Crippen LogP contribution in [0.25, 0.3) is 0 Å². The van der Waals surface area contributed by atoms with Gasteiger partial charge in [0.15, 0.2) is 0 Å². The Labute approximate surface area is 101 Å². The highest BCUT2D eigenvalue weighted by Gasteiger charge is 2.32. The number of hydrogen-bond acceptors (Lipinski definition) is 5. The summed E-state index contributed by atoms with van der Waals surface area (Å²) in [4.78, 5) is 0. The van der Waals surface area contributed by atoms with Crippen molar-refractivity contribution in [1.82, 2.24) is 15.0 Å². The zero-order valence-electron chi connectivity index (χ0n) is 9.72. The minimum atomic E-state index is 0.184. The third-order valence-electron chi connectivity index (χ3n) is 3.80. The zero-order valence-corrected chi connectivity index (χ0v) is 10.5. The van der Waals surface area contributed by atoms with E-state index in [-0.39, 0.29) is 6.04 Å². The van der Waals surface area contributed by atoms with E-state index in [0.717, 1.165) is 11.6 Å². The van der Waals surface area contributed by atoms with Crippen molar-refractivity contribution in [2.24, 2.45) is 17.7 Å². The number of hydrazine groups is 1. The highest BCUT2D eigenvalue weighted by Crippen LogP contribution is 2.39. The minimum Gasteiger partial charge on any atom is -0.271 e. The van der Waals surface area contributed by atoms with E-state index in [1.807, 2.05) is 5.38 Å². The average molecular weight is 240 g/mol. The molecule has 1 aromatic rings. The van der Waals surface area contributed by atoms with Crippen molar-refractivity contribution in [2.75, 3.05) is 0 Å². The van der Waals surface area contributed by atoms with Gasteiger partial charge in [0.25, 0.3) is 0 Å². The molecule has 0 aliphatic heterocycles. The fraction of sp³-hybridized carbons (Fsp3) is 0.818. The summed E-state index contributed by atoms with van der Waals surface area (Å²) in [5.74, 6) is 7.09. The molecule has 16 heavy (non-hydrogen) atoms. The summed E-state index contributed by atoms with van der Waals surface area (Å²) in [5.41, 5.74) is 3.95. The van der Waals surface area contributed by atoms with Crippen LogP contribution < -0.4 is 11.3 Å². The van der Waals surface area contributed by atoms with Gasteiger partial charge in [-0.25, -0.2) is 0 Å². The van der Waals surface area contributed by atoms with Gasteiger partial charge in [0.05, 0.1) is 11.7 Å². The van der Waals surface area contributed by atoms with Gasteiger partial charge < -0.3 is 0 Å². The first kappa shape index (κ1) is 12.0. The van der Waals surface area contributed by atoms with Crippen LogP contribution in [0.2, 0.25) is 0 Å². The molecule has 3 N–H and O–H groups in total. The van der Waals surface area contributed by atoms with Crippen LogP contribution in [-0.2, 0) is 0 Å². The maximum atomic E-state index is 5.70. The molecule has 0 radical (unpaired) electrons. The predicted octanol–water partition coefficient (Wildman–Crippen LogP) is 2.26. The molecule has 90 valence electrons. The summed E-state index contributed by atoms with van der Waals surface area (Å²) < 4.78 is 3.93. The van der Waals surface area contributed by atoms with Crippen molar-refractivity contribution in [3.63, 3.8) is 0 Å². The summed E-state index contributed by atoms with van der Waals surface area (Å²) in [6, 6.07) is 0.184. The van der Waals surface area contributed by atoms with Gasteiger partial charge in [-0.2, -0.15) is 0 Å². The summed E-state index contributed by atoms with van der Waals surface area (Å²) in [7, 11) is 0. The lowest BCUT2D eigenvalue weighted by Gasteiger charge is -2.35. The SMILES string of the molecule is CCC1CCCCC1C(NN)c1csnn1. The maximum absolute atomic E-state index is 5.70. The van der Waals surface area contributed by atoms with E-state index >= 15 is 0 Å². The molecule has 1 fully saturated rings. The van der Waals surface area contributed by atoms with Crippen molar-refractivity contribution in [2.45, 2.75) is 45.1 Å². The molecule has 0 amide bonds. The second-order valence-corrected chi connectivity index (χ2v) is 5.20. The summed E-state index contributed by atoms with van der Waals surface area (Å²) in [6.07, 6.45) is 6.50. The van der Waals surface area contributed by atoms with E-state index < -0.39 is 0 Å². The molecule has 5 heteroatoms. The van der Waals surface area contributed by atoms with Crippen molar-refractivity contribution < 1.29 is 0 Å². The number of nitrogens with one attached hydrogen (secondary N) is 1. The normalized spacial score (nSPS) is 27.9. The first-order valence-electron chi connectivity index (χ1n) is 6.10. The molecule has 3 atom stereocenters. The first-order valence-corrected chi connectivity index (χ1v) is 6.93. The quantitative estimate of drug-likeness (QED) is 0.626. The van der Waals surface area contributed by atoms with Crippen molar-refractivity contribution in [3.8, 4) is 0 Å². The fourth-order valence-corrected chi connectivity index (χ4v) is 3.41. The fourth-order valence-electron chi connectivity index (χ4n) is 2.92. The van der Waals surface area contributed by atoms with Gasteiger partial charge in [-0.1, -0.05) is 37.1 Å². The van der Waals surface area contributed by atoms with Crippen LogP contribution in [0.4, 0.5) is 0 Å². The maximum Gasteiger partial charge on any atom is 0.0941 e. The number of aromatic nitrogens is 2. The van der Waals surface area contributed by atoms with E-state index in [2.05, 4.69) is 21.9 Å². The largest absolute Gasteiger partial charge is 0.271 e. The third kappa shape index (κ3) is 2.42. The molecule has 3 unspecified atom stereocenters. The molecule has 1 aromatic heterocycles. The Balaban J connectivity index is 2.13. The van der Waals surface area contributed by atoms with E-state index in [4.69, 9.17) is 5.84 Å². The van der Waals surface area contributed by atoms with Gasteiger partial charge >= 0.3 is 0 Å². The monoisotopic (exact) mass is 240 g/mol. The summed E-state index contributed by atoms with van der Waals surface area (Å²) >= 11 is 1.40. The Morgan fingerprint density at radius 3 is 3.00 bits per heavy atom. The molecule has 1 saturated carbocycles. The van der Waals surface area contributed by atoms with Gasteiger partial charge in [-0.3, -0.25) is 11.3 Å². The van der Waals surface area contributed by atoms with Gasteiger partial charge in [0.2, 0.25) is 0 Å². The molecular formula is C11H20N4S. The first-order chi connectivity index (χ1) is 7.86.